The number of hydrogen-bond acceptors (Lipinski definition) is 4. The Kier molecular flexibility index (Phi) is 4.34. The number of hydrogen-bond donors (Lipinski definition) is 0. The molecule has 0 unspecified atom stereocenters. The Balaban J connectivity index is 2.03. The van der Waals surface area contributed by atoms with Crippen molar-refractivity contribution < 1.29 is 14.3 Å². The van der Waals surface area contributed by atoms with Crippen LogP contribution in [0.5, 0.6) is 5.75 Å². The minimum absolute atomic E-state index is 0.331. The van der Waals surface area contributed by atoms with Crippen LogP contribution in [-0.2, 0) is 9.53 Å². The Labute approximate surface area is 112 Å². The molecule has 1 aliphatic rings. The van der Waals surface area contributed by atoms with Crippen LogP contribution in [0.4, 0.5) is 0 Å². The fourth-order valence-corrected chi connectivity index (χ4v) is 1.67. The van der Waals surface area contributed by atoms with E-state index in [1.54, 1.807) is 13.0 Å². The highest BCUT2D eigenvalue weighted by atomic mass is 16.6. The fourth-order valence-electron chi connectivity index (χ4n) is 1.67. The van der Waals surface area contributed by atoms with E-state index in [9.17, 15) is 4.79 Å². The van der Waals surface area contributed by atoms with Gasteiger partial charge in [-0.1, -0.05) is 25.5 Å². The molecule has 0 saturated heterocycles. The molecule has 1 aliphatic heterocycles. The molecule has 0 atom stereocenters. The molecule has 0 aromatic heterocycles. The van der Waals surface area contributed by atoms with Crippen molar-refractivity contribution >= 4 is 17.9 Å². The summed E-state index contributed by atoms with van der Waals surface area (Å²) >= 11 is 0. The summed E-state index contributed by atoms with van der Waals surface area (Å²) in [6, 6.07) is 7.56. The molecule has 100 valence electrons. The molecule has 4 nitrogen and oxygen atoms in total. The third kappa shape index (κ3) is 3.68. The quantitative estimate of drug-likeness (QED) is 0.463. The standard InChI is InChI=1S/C15H17NO3/c1-3-4-9-18-13-7-5-12(6-8-13)10-14-15(17)19-11(2)16-14/h5-8,10H,3-4,9H2,1-2H3/b14-10-. The van der Waals surface area contributed by atoms with Gasteiger partial charge in [-0.05, 0) is 30.2 Å². The average molecular weight is 259 g/mol. The summed E-state index contributed by atoms with van der Waals surface area (Å²) in [4.78, 5) is 15.4. The van der Waals surface area contributed by atoms with Gasteiger partial charge in [-0.15, -0.1) is 0 Å². The summed E-state index contributed by atoms with van der Waals surface area (Å²) in [7, 11) is 0. The zero-order chi connectivity index (χ0) is 13.7. The smallest absolute Gasteiger partial charge is 0.363 e. The largest absolute Gasteiger partial charge is 0.494 e. The van der Waals surface area contributed by atoms with Crippen molar-refractivity contribution in [2.45, 2.75) is 26.7 Å². The second kappa shape index (κ2) is 6.18. The average Bonchev–Trinajstić information content (AvgIpc) is 2.70. The fraction of sp³-hybridized carbons (Fsp3) is 0.333. The Hall–Kier alpha value is -2.10. The molecule has 0 bridgehead atoms. The lowest BCUT2D eigenvalue weighted by molar-refractivity contribution is -0.130. The molecular formula is C15H17NO3. The molecule has 0 radical (unpaired) electrons. The Morgan fingerprint density at radius 3 is 2.63 bits per heavy atom. The van der Waals surface area contributed by atoms with Crippen molar-refractivity contribution in [3.63, 3.8) is 0 Å². The molecule has 2 rings (SSSR count). The van der Waals surface area contributed by atoms with E-state index in [1.807, 2.05) is 24.3 Å². The van der Waals surface area contributed by atoms with E-state index in [0.29, 0.717) is 11.6 Å². The summed E-state index contributed by atoms with van der Waals surface area (Å²) in [6.45, 7) is 4.51. The zero-order valence-corrected chi connectivity index (χ0v) is 11.2. The summed E-state index contributed by atoms with van der Waals surface area (Å²) in [6.07, 6.45) is 3.87. The molecule has 1 aromatic carbocycles. The van der Waals surface area contributed by atoms with Crippen molar-refractivity contribution in [1.82, 2.24) is 0 Å². The number of rotatable bonds is 5. The van der Waals surface area contributed by atoms with Gasteiger partial charge in [0.1, 0.15) is 5.75 Å². The molecular weight excluding hydrogens is 242 g/mol. The van der Waals surface area contributed by atoms with Gasteiger partial charge < -0.3 is 9.47 Å². The highest BCUT2D eigenvalue weighted by molar-refractivity contribution is 6.06. The first kappa shape index (κ1) is 13.3. The normalized spacial score (nSPS) is 16.4. The number of carbonyl (C=O) groups is 1. The molecule has 0 amide bonds. The van der Waals surface area contributed by atoms with Gasteiger partial charge in [0.05, 0.1) is 6.61 Å². The van der Waals surface area contributed by atoms with Crippen molar-refractivity contribution in [1.29, 1.82) is 0 Å². The van der Waals surface area contributed by atoms with E-state index < -0.39 is 5.97 Å². The SMILES string of the molecule is CCCCOc1ccc(/C=C2\N=C(C)OC2=O)cc1. The van der Waals surface area contributed by atoms with Crippen LogP contribution in [0.15, 0.2) is 35.0 Å². The van der Waals surface area contributed by atoms with Crippen LogP contribution < -0.4 is 4.74 Å². The van der Waals surface area contributed by atoms with E-state index >= 15 is 0 Å². The summed E-state index contributed by atoms with van der Waals surface area (Å²) in [5.74, 6) is 0.820. The minimum atomic E-state index is -0.402. The highest BCUT2D eigenvalue weighted by Crippen LogP contribution is 2.18. The van der Waals surface area contributed by atoms with Gasteiger partial charge in [0.25, 0.3) is 0 Å². The molecule has 19 heavy (non-hydrogen) atoms. The number of aliphatic imine (C=N–C) groups is 1. The van der Waals surface area contributed by atoms with E-state index in [2.05, 4.69) is 11.9 Å². The molecule has 1 aromatic rings. The van der Waals surface area contributed by atoms with Gasteiger partial charge >= 0.3 is 5.97 Å². The van der Waals surface area contributed by atoms with Gasteiger partial charge in [-0.3, -0.25) is 0 Å². The summed E-state index contributed by atoms with van der Waals surface area (Å²) in [5.41, 5.74) is 1.23. The molecule has 0 saturated carbocycles. The second-order valence-corrected chi connectivity index (χ2v) is 4.32. The van der Waals surface area contributed by atoms with Crippen molar-refractivity contribution in [2.75, 3.05) is 6.61 Å². The predicted molar refractivity (Wildman–Crippen MR) is 74.0 cm³/mol. The van der Waals surface area contributed by atoms with Gasteiger partial charge in [0.2, 0.25) is 0 Å². The zero-order valence-electron chi connectivity index (χ0n) is 11.2. The molecule has 1 heterocycles. The maximum Gasteiger partial charge on any atom is 0.363 e. The van der Waals surface area contributed by atoms with E-state index in [4.69, 9.17) is 9.47 Å². The Morgan fingerprint density at radius 2 is 2.05 bits per heavy atom. The van der Waals surface area contributed by atoms with Crippen molar-refractivity contribution in [2.24, 2.45) is 4.99 Å². The van der Waals surface area contributed by atoms with Gasteiger partial charge in [0.15, 0.2) is 11.6 Å². The Bertz CT molecular complexity index is 515. The molecule has 0 aliphatic carbocycles. The van der Waals surface area contributed by atoms with E-state index in [-0.39, 0.29) is 0 Å². The molecule has 4 heteroatoms. The number of cyclic esters (lactones) is 1. The number of ether oxygens (including phenoxy) is 2. The predicted octanol–water partition coefficient (Wildman–Crippen LogP) is 3.18. The van der Waals surface area contributed by atoms with Gasteiger partial charge in [0, 0.05) is 6.92 Å². The number of unbranched alkanes of at least 4 members (excludes halogenated alkanes) is 1. The monoisotopic (exact) mass is 259 g/mol. The van der Waals surface area contributed by atoms with Crippen LogP contribution in [0.3, 0.4) is 0 Å². The first-order valence-corrected chi connectivity index (χ1v) is 6.41. The number of nitrogens with zero attached hydrogens (tertiary/aromatic N) is 1. The second-order valence-electron chi connectivity index (χ2n) is 4.32. The van der Waals surface area contributed by atoms with E-state index in [1.165, 1.54) is 0 Å². The number of carbonyl (C=O) groups excluding carboxylic acids is 1. The highest BCUT2D eigenvalue weighted by Gasteiger charge is 2.19. The molecule has 0 fully saturated rings. The Morgan fingerprint density at radius 1 is 1.32 bits per heavy atom. The van der Waals surface area contributed by atoms with Crippen LogP contribution in [-0.4, -0.2) is 18.5 Å². The molecule has 0 N–H and O–H groups in total. The lowest BCUT2D eigenvalue weighted by atomic mass is 10.2. The lowest BCUT2D eigenvalue weighted by Gasteiger charge is -2.05. The van der Waals surface area contributed by atoms with Crippen molar-refractivity contribution in [3.05, 3.63) is 35.5 Å². The first-order valence-electron chi connectivity index (χ1n) is 6.41. The topological polar surface area (TPSA) is 47.9 Å². The minimum Gasteiger partial charge on any atom is -0.494 e. The first-order chi connectivity index (χ1) is 9.19. The summed E-state index contributed by atoms with van der Waals surface area (Å²) in [5, 5.41) is 0. The third-order valence-corrected chi connectivity index (χ3v) is 2.68. The summed E-state index contributed by atoms with van der Waals surface area (Å²) < 4.78 is 10.4. The maximum atomic E-state index is 11.4. The van der Waals surface area contributed by atoms with Crippen LogP contribution in [0.1, 0.15) is 32.3 Å². The number of benzene rings is 1. The van der Waals surface area contributed by atoms with E-state index in [0.717, 1.165) is 30.8 Å². The van der Waals surface area contributed by atoms with Gasteiger partial charge in [-0.2, -0.15) is 0 Å². The third-order valence-electron chi connectivity index (χ3n) is 2.68. The van der Waals surface area contributed by atoms with Crippen LogP contribution in [0, 0.1) is 0 Å². The van der Waals surface area contributed by atoms with Gasteiger partial charge in [-0.25, -0.2) is 9.79 Å². The van der Waals surface area contributed by atoms with Crippen LogP contribution in [0.2, 0.25) is 0 Å². The maximum absolute atomic E-state index is 11.4. The molecule has 0 spiro atoms. The lowest BCUT2D eigenvalue weighted by Crippen LogP contribution is -1.99. The van der Waals surface area contributed by atoms with Crippen LogP contribution >= 0.6 is 0 Å². The number of esters is 1. The van der Waals surface area contributed by atoms with Crippen LogP contribution in [0.25, 0.3) is 6.08 Å². The van der Waals surface area contributed by atoms with Crippen molar-refractivity contribution in [3.8, 4) is 5.75 Å².